The van der Waals surface area contributed by atoms with Crippen molar-refractivity contribution in [2.24, 2.45) is 0 Å². The standard InChI is InChI=1S/C6H3F3INO/c7-6(8,9)4-3(12)1-2-11-5(4)10/h1-2H,(H,11,12). The topological polar surface area (TPSA) is 32.9 Å². The third-order valence-corrected chi connectivity index (χ3v) is 2.04. The molecule has 0 saturated carbocycles. The van der Waals surface area contributed by atoms with Crippen LogP contribution in [-0.4, -0.2) is 4.98 Å². The summed E-state index contributed by atoms with van der Waals surface area (Å²) in [6, 6.07) is 0.852. The van der Waals surface area contributed by atoms with Gasteiger partial charge in [0.1, 0.15) is 5.56 Å². The molecule has 0 bridgehead atoms. The van der Waals surface area contributed by atoms with Crippen molar-refractivity contribution in [1.82, 2.24) is 4.98 Å². The predicted octanol–water partition coefficient (Wildman–Crippen LogP) is 2.00. The number of nitrogens with one attached hydrogen (secondary N) is 1. The summed E-state index contributed by atoms with van der Waals surface area (Å²) in [4.78, 5) is 13.1. The molecule has 2 nitrogen and oxygen atoms in total. The van der Waals surface area contributed by atoms with Crippen LogP contribution in [0, 0.1) is 3.70 Å². The highest BCUT2D eigenvalue weighted by Crippen LogP contribution is 2.28. The Morgan fingerprint density at radius 1 is 1.42 bits per heavy atom. The van der Waals surface area contributed by atoms with Gasteiger partial charge in [0, 0.05) is 12.3 Å². The summed E-state index contributed by atoms with van der Waals surface area (Å²) in [5.41, 5.74) is -2.14. The van der Waals surface area contributed by atoms with Crippen molar-refractivity contribution in [3.05, 3.63) is 31.8 Å². The number of H-pyrrole nitrogens is 1. The summed E-state index contributed by atoms with van der Waals surface area (Å²) in [6.07, 6.45) is -3.40. The van der Waals surface area contributed by atoms with Crippen LogP contribution < -0.4 is 5.43 Å². The first-order chi connectivity index (χ1) is 5.43. The summed E-state index contributed by atoms with van der Waals surface area (Å²) in [5, 5.41) is 0. The molecule has 1 N–H and O–H groups in total. The average Bonchev–Trinajstić information content (AvgIpc) is 1.82. The van der Waals surface area contributed by atoms with Gasteiger partial charge in [-0.15, -0.1) is 0 Å². The fourth-order valence-electron chi connectivity index (χ4n) is 0.718. The number of aromatic amines is 1. The van der Waals surface area contributed by atoms with Gasteiger partial charge in [0.25, 0.3) is 0 Å². The third kappa shape index (κ3) is 1.79. The van der Waals surface area contributed by atoms with Crippen molar-refractivity contribution in [3.8, 4) is 0 Å². The van der Waals surface area contributed by atoms with E-state index >= 15 is 0 Å². The molecule has 1 rings (SSSR count). The molecule has 0 aromatic carbocycles. The highest BCUT2D eigenvalue weighted by Gasteiger charge is 2.35. The Bertz CT molecular complexity index is 343. The van der Waals surface area contributed by atoms with E-state index in [9.17, 15) is 18.0 Å². The highest BCUT2D eigenvalue weighted by atomic mass is 127. The number of halogens is 4. The van der Waals surface area contributed by atoms with Crippen LogP contribution in [0.4, 0.5) is 13.2 Å². The first-order valence-corrected chi connectivity index (χ1v) is 3.95. The van der Waals surface area contributed by atoms with Gasteiger partial charge in [-0.05, 0) is 22.6 Å². The minimum absolute atomic E-state index is 0.187. The first kappa shape index (κ1) is 9.56. The van der Waals surface area contributed by atoms with E-state index in [1.54, 1.807) is 0 Å². The van der Waals surface area contributed by atoms with Gasteiger partial charge in [-0.1, -0.05) is 0 Å². The molecule has 1 heterocycles. The lowest BCUT2D eigenvalue weighted by Gasteiger charge is -2.06. The number of hydrogen-bond donors (Lipinski definition) is 1. The lowest BCUT2D eigenvalue weighted by molar-refractivity contribution is -0.139. The van der Waals surface area contributed by atoms with E-state index in [-0.39, 0.29) is 3.70 Å². The Labute approximate surface area is 78.9 Å². The fraction of sp³-hybridized carbons (Fsp3) is 0.167. The Morgan fingerprint density at radius 3 is 2.33 bits per heavy atom. The van der Waals surface area contributed by atoms with Crippen LogP contribution in [0.2, 0.25) is 0 Å². The monoisotopic (exact) mass is 289 g/mol. The summed E-state index contributed by atoms with van der Waals surface area (Å²) in [7, 11) is 0. The second-order valence-corrected chi connectivity index (χ2v) is 3.11. The lowest BCUT2D eigenvalue weighted by Crippen LogP contribution is -2.20. The zero-order valence-electron chi connectivity index (χ0n) is 5.57. The van der Waals surface area contributed by atoms with Gasteiger partial charge in [0.15, 0.2) is 5.43 Å². The number of rotatable bonds is 0. The number of pyridine rings is 1. The Hall–Kier alpha value is -0.530. The molecule has 0 atom stereocenters. The van der Waals surface area contributed by atoms with Crippen molar-refractivity contribution < 1.29 is 13.2 Å². The molecule has 1 aromatic rings. The molecule has 0 saturated heterocycles. The lowest BCUT2D eigenvalue weighted by atomic mass is 10.3. The molecule has 0 fully saturated rings. The van der Waals surface area contributed by atoms with Gasteiger partial charge in [-0.3, -0.25) is 4.79 Å². The number of hydrogen-bond acceptors (Lipinski definition) is 1. The predicted molar refractivity (Wildman–Crippen MR) is 44.8 cm³/mol. The van der Waals surface area contributed by atoms with E-state index in [4.69, 9.17) is 0 Å². The molecule has 66 valence electrons. The summed E-state index contributed by atoms with van der Waals surface area (Å²) < 4.78 is 36.1. The maximum Gasteiger partial charge on any atom is 0.422 e. The van der Waals surface area contributed by atoms with Gasteiger partial charge in [-0.25, -0.2) is 0 Å². The molecule has 0 amide bonds. The maximum absolute atomic E-state index is 12.1. The molecule has 0 radical (unpaired) electrons. The van der Waals surface area contributed by atoms with Crippen molar-refractivity contribution in [3.63, 3.8) is 0 Å². The highest BCUT2D eigenvalue weighted by molar-refractivity contribution is 14.1. The molecular formula is C6H3F3INO. The minimum Gasteiger partial charge on any atom is -0.356 e. The molecule has 0 spiro atoms. The zero-order valence-corrected chi connectivity index (χ0v) is 7.73. The SMILES string of the molecule is O=c1cc[nH]c(I)c1C(F)(F)F. The van der Waals surface area contributed by atoms with Gasteiger partial charge in [0.2, 0.25) is 0 Å². The molecule has 0 unspecified atom stereocenters. The number of aromatic nitrogens is 1. The van der Waals surface area contributed by atoms with Crippen molar-refractivity contribution >= 4 is 22.6 Å². The van der Waals surface area contributed by atoms with Crippen LogP contribution in [0.15, 0.2) is 17.1 Å². The van der Waals surface area contributed by atoms with Crippen LogP contribution in [0.25, 0.3) is 0 Å². The van der Waals surface area contributed by atoms with E-state index in [0.717, 1.165) is 6.07 Å². The Morgan fingerprint density at radius 2 is 2.00 bits per heavy atom. The molecule has 0 aliphatic rings. The van der Waals surface area contributed by atoms with Crippen LogP contribution in [0.1, 0.15) is 5.56 Å². The van der Waals surface area contributed by atoms with Crippen molar-refractivity contribution in [2.45, 2.75) is 6.18 Å². The van der Waals surface area contributed by atoms with Crippen LogP contribution >= 0.6 is 22.6 Å². The fourth-order valence-corrected chi connectivity index (χ4v) is 1.47. The second-order valence-electron chi connectivity index (χ2n) is 2.03. The van der Waals surface area contributed by atoms with E-state index in [1.807, 2.05) is 0 Å². The molecular weight excluding hydrogens is 286 g/mol. The van der Waals surface area contributed by atoms with Gasteiger partial charge in [0.05, 0.1) is 3.70 Å². The first-order valence-electron chi connectivity index (χ1n) is 2.87. The minimum atomic E-state index is -4.58. The second kappa shape index (κ2) is 3.08. The van der Waals surface area contributed by atoms with Crippen LogP contribution in [0.5, 0.6) is 0 Å². The summed E-state index contributed by atoms with van der Waals surface area (Å²) in [6.45, 7) is 0. The van der Waals surface area contributed by atoms with Crippen LogP contribution in [-0.2, 0) is 6.18 Å². The number of alkyl halides is 3. The molecule has 12 heavy (non-hydrogen) atoms. The van der Waals surface area contributed by atoms with Crippen molar-refractivity contribution in [2.75, 3.05) is 0 Å². The van der Waals surface area contributed by atoms with Crippen molar-refractivity contribution in [1.29, 1.82) is 0 Å². The Balaban J connectivity index is 3.42. The summed E-state index contributed by atoms with van der Waals surface area (Å²) >= 11 is 1.44. The average molecular weight is 289 g/mol. The molecule has 0 aliphatic heterocycles. The quantitative estimate of drug-likeness (QED) is 0.575. The maximum atomic E-state index is 12.1. The smallest absolute Gasteiger partial charge is 0.356 e. The van der Waals surface area contributed by atoms with Gasteiger partial charge in [-0.2, -0.15) is 13.2 Å². The zero-order chi connectivity index (χ0) is 9.35. The van der Waals surface area contributed by atoms with Crippen LogP contribution in [0.3, 0.4) is 0 Å². The van der Waals surface area contributed by atoms with E-state index in [2.05, 4.69) is 4.98 Å². The molecule has 1 aromatic heterocycles. The van der Waals surface area contributed by atoms with Gasteiger partial charge >= 0.3 is 6.18 Å². The van der Waals surface area contributed by atoms with E-state index in [0.29, 0.717) is 0 Å². The summed E-state index contributed by atoms with van der Waals surface area (Å²) in [5.74, 6) is 0. The molecule has 0 aliphatic carbocycles. The van der Waals surface area contributed by atoms with E-state index in [1.165, 1.54) is 28.8 Å². The normalized spacial score (nSPS) is 11.7. The molecule has 6 heteroatoms. The van der Waals surface area contributed by atoms with Gasteiger partial charge < -0.3 is 4.98 Å². The largest absolute Gasteiger partial charge is 0.422 e. The Kier molecular flexibility index (Phi) is 2.45. The van der Waals surface area contributed by atoms with E-state index < -0.39 is 17.2 Å². The third-order valence-electron chi connectivity index (χ3n) is 1.19.